The number of rotatable bonds is 5. The zero-order valence-corrected chi connectivity index (χ0v) is 14.8. The van der Waals surface area contributed by atoms with Gasteiger partial charge >= 0.3 is 0 Å². The van der Waals surface area contributed by atoms with Crippen molar-refractivity contribution in [2.24, 2.45) is 0 Å². The Kier molecular flexibility index (Phi) is 4.63. The summed E-state index contributed by atoms with van der Waals surface area (Å²) >= 11 is 0. The number of fused-ring (bicyclic) bond motifs is 1. The molecule has 1 aromatic carbocycles. The van der Waals surface area contributed by atoms with E-state index in [1.165, 1.54) is 32.1 Å². The first kappa shape index (κ1) is 16.1. The fourth-order valence-electron chi connectivity index (χ4n) is 3.73. The lowest BCUT2D eigenvalue weighted by atomic mass is 9.95. The maximum Gasteiger partial charge on any atom is 0.165 e. The summed E-state index contributed by atoms with van der Waals surface area (Å²) in [5.74, 6) is 1.86. The largest absolute Gasteiger partial charge is 0.365 e. The van der Waals surface area contributed by atoms with Gasteiger partial charge in [-0.15, -0.1) is 0 Å². The van der Waals surface area contributed by atoms with Crippen LogP contribution < -0.4 is 5.32 Å². The summed E-state index contributed by atoms with van der Waals surface area (Å²) in [5.41, 5.74) is 2.94. The molecule has 0 aliphatic heterocycles. The van der Waals surface area contributed by atoms with Gasteiger partial charge in [0.15, 0.2) is 17.0 Å². The molecule has 0 amide bonds. The Bertz CT molecular complexity index is 834. The number of benzene rings is 1. The summed E-state index contributed by atoms with van der Waals surface area (Å²) in [6, 6.07) is 10.9. The van der Waals surface area contributed by atoms with Crippen molar-refractivity contribution in [2.45, 2.75) is 58.0 Å². The molecular formula is C20H25N5. The van der Waals surface area contributed by atoms with Crippen LogP contribution in [0.3, 0.4) is 0 Å². The maximum atomic E-state index is 4.94. The highest BCUT2D eigenvalue weighted by Gasteiger charge is 2.19. The van der Waals surface area contributed by atoms with Gasteiger partial charge in [0, 0.05) is 18.2 Å². The number of imidazole rings is 1. The Labute approximate surface area is 148 Å². The third kappa shape index (κ3) is 3.23. The van der Waals surface area contributed by atoms with E-state index >= 15 is 0 Å². The fraction of sp³-hybridized carbons (Fsp3) is 0.450. The van der Waals surface area contributed by atoms with Crippen molar-refractivity contribution in [3.8, 4) is 11.4 Å². The minimum atomic E-state index is 0.503. The molecule has 3 aromatic rings. The van der Waals surface area contributed by atoms with Crippen LogP contribution in [0.5, 0.6) is 0 Å². The van der Waals surface area contributed by atoms with E-state index in [-0.39, 0.29) is 0 Å². The lowest BCUT2D eigenvalue weighted by Crippen LogP contribution is -2.23. The van der Waals surface area contributed by atoms with Crippen molar-refractivity contribution in [3.63, 3.8) is 0 Å². The number of aromatic nitrogens is 4. The maximum absolute atomic E-state index is 4.94. The van der Waals surface area contributed by atoms with Crippen molar-refractivity contribution in [1.82, 2.24) is 19.5 Å². The van der Waals surface area contributed by atoms with Gasteiger partial charge in [-0.2, -0.15) is 0 Å². The summed E-state index contributed by atoms with van der Waals surface area (Å²) in [5, 5.41) is 3.63. The van der Waals surface area contributed by atoms with Gasteiger partial charge in [0.1, 0.15) is 12.2 Å². The summed E-state index contributed by atoms with van der Waals surface area (Å²) in [4.78, 5) is 14.0. The lowest BCUT2D eigenvalue weighted by molar-refractivity contribution is 0.462. The first-order valence-corrected chi connectivity index (χ1v) is 9.40. The number of nitrogens with zero attached hydrogens (tertiary/aromatic N) is 4. The number of hydrogen-bond donors (Lipinski definition) is 1. The third-order valence-electron chi connectivity index (χ3n) is 4.96. The van der Waals surface area contributed by atoms with Crippen LogP contribution in [0.15, 0.2) is 36.7 Å². The summed E-state index contributed by atoms with van der Waals surface area (Å²) < 4.78 is 2.22. The van der Waals surface area contributed by atoms with E-state index in [9.17, 15) is 0 Å². The second kappa shape index (κ2) is 7.21. The molecule has 2 aromatic heterocycles. The highest BCUT2D eigenvalue weighted by Crippen LogP contribution is 2.29. The van der Waals surface area contributed by atoms with Crippen LogP contribution in [0.1, 0.15) is 45.4 Å². The first-order valence-electron chi connectivity index (χ1n) is 9.40. The van der Waals surface area contributed by atoms with E-state index in [4.69, 9.17) is 4.98 Å². The van der Waals surface area contributed by atoms with E-state index in [0.29, 0.717) is 6.04 Å². The molecule has 2 heterocycles. The van der Waals surface area contributed by atoms with Crippen molar-refractivity contribution >= 4 is 17.0 Å². The third-order valence-corrected chi connectivity index (χ3v) is 4.96. The molecule has 1 aliphatic rings. The Hall–Kier alpha value is -2.43. The lowest BCUT2D eigenvalue weighted by Gasteiger charge is -2.23. The molecule has 0 unspecified atom stereocenters. The minimum absolute atomic E-state index is 0.503. The Morgan fingerprint density at radius 1 is 1.08 bits per heavy atom. The zero-order chi connectivity index (χ0) is 17.1. The molecule has 4 rings (SSSR count). The molecule has 130 valence electrons. The molecule has 0 atom stereocenters. The normalized spacial score (nSPS) is 15.6. The molecule has 1 N–H and O–H groups in total. The van der Waals surface area contributed by atoms with Crippen molar-refractivity contribution in [2.75, 3.05) is 5.32 Å². The van der Waals surface area contributed by atoms with Crippen LogP contribution in [0.25, 0.3) is 22.6 Å². The number of anilines is 1. The number of aryl methyl sites for hydroxylation is 1. The van der Waals surface area contributed by atoms with Gasteiger partial charge in [-0.05, 0) is 19.3 Å². The average Bonchev–Trinajstić information content (AvgIpc) is 3.04. The fourth-order valence-corrected chi connectivity index (χ4v) is 3.73. The molecule has 25 heavy (non-hydrogen) atoms. The predicted octanol–water partition coefficient (Wildman–Crippen LogP) is 4.65. The van der Waals surface area contributed by atoms with Gasteiger partial charge in [-0.3, -0.25) is 0 Å². The molecular weight excluding hydrogens is 310 g/mol. The van der Waals surface area contributed by atoms with Crippen LogP contribution in [0.2, 0.25) is 0 Å². The Balaban J connectivity index is 1.78. The quantitative estimate of drug-likeness (QED) is 0.737. The van der Waals surface area contributed by atoms with Gasteiger partial charge in [0.05, 0.1) is 0 Å². The van der Waals surface area contributed by atoms with E-state index in [2.05, 4.69) is 51.0 Å². The van der Waals surface area contributed by atoms with Gasteiger partial charge in [-0.25, -0.2) is 15.0 Å². The number of hydrogen-bond acceptors (Lipinski definition) is 4. The smallest absolute Gasteiger partial charge is 0.165 e. The van der Waals surface area contributed by atoms with Crippen molar-refractivity contribution in [3.05, 3.63) is 36.7 Å². The molecule has 5 heteroatoms. The Morgan fingerprint density at radius 2 is 1.88 bits per heavy atom. The molecule has 1 saturated carbocycles. The van der Waals surface area contributed by atoms with Gasteiger partial charge in [0.2, 0.25) is 0 Å². The summed E-state index contributed by atoms with van der Waals surface area (Å²) in [6.45, 7) is 3.09. The predicted molar refractivity (Wildman–Crippen MR) is 102 cm³/mol. The van der Waals surface area contributed by atoms with Crippen LogP contribution in [0.4, 0.5) is 5.82 Å². The topological polar surface area (TPSA) is 55.6 Å². The van der Waals surface area contributed by atoms with Crippen LogP contribution in [0, 0.1) is 0 Å². The average molecular weight is 335 g/mol. The second-order valence-corrected chi connectivity index (χ2v) is 6.83. The minimum Gasteiger partial charge on any atom is -0.365 e. The van der Waals surface area contributed by atoms with E-state index in [0.717, 1.165) is 41.3 Å². The highest BCUT2D eigenvalue weighted by atomic mass is 15.2. The van der Waals surface area contributed by atoms with Crippen LogP contribution in [-0.2, 0) is 6.54 Å². The zero-order valence-electron chi connectivity index (χ0n) is 14.8. The van der Waals surface area contributed by atoms with Crippen molar-refractivity contribution < 1.29 is 0 Å². The highest BCUT2D eigenvalue weighted by molar-refractivity contribution is 5.86. The van der Waals surface area contributed by atoms with Gasteiger partial charge in [0.25, 0.3) is 0 Å². The van der Waals surface area contributed by atoms with E-state index < -0.39 is 0 Å². The molecule has 1 aliphatic carbocycles. The van der Waals surface area contributed by atoms with Crippen molar-refractivity contribution in [1.29, 1.82) is 0 Å². The SMILES string of the molecule is CCCn1c(-c2ccccc2)nc2c(NC3CCCCC3)ncnc21. The molecule has 0 spiro atoms. The monoisotopic (exact) mass is 335 g/mol. The Morgan fingerprint density at radius 3 is 2.64 bits per heavy atom. The van der Waals surface area contributed by atoms with Gasteiger partial charge < -0.3 is 9.88 Å². The molecule has 0 saturated heterocycles. The van der Waals surface area contributed by atoms with Crippen LogP contribution >= 0.6 is 0 Å². The molecule has 0 radical (unpaired) electrons. The van der Waals surface area contributed by atoms with E-state index in [1.807, 2.05) is 6.07 Å². The first-order chi connectivity index (χ1) is 12.4. The van der Waals surface area contributed by atoms with Crippen LogP contribution in [-0.4, -0.2) is 25.6 Å². The van der Waals surface area contributed by atoms with E-state index in [1.54, 1.807) is 6.33 Å². The standard InChI is InChI=1S/C20H25N5/c1-2-13-25-19(15-9-5-3-6-10-15)24-17-18(21-14-22-20(17)25)23-16-11-7-4-8-12-16/h3,5-6,9-10,14,16H,2,4,7-8,11-13H2,1H3,(H,21,22,23). The molecule has 5 nitrogen and oxygen atoms in total. The molecule has 1 fully saturated rings. The van der Waals surface area contributed by atoms with Gasteiger partial charge in [-0.1, -0.05) is 56.5 Å². The molecule has 0 bridgehead atoms. The number of nitrogens with one attached hydrogen (secondary N) is 1. The summed E-state index contributed by atoms with van der Waals surface area (Å²) in [6.07, 6.45) is 9.08. The summed E-state index contributed by atoms with van der Waals surface area (Å²) in [7, 11) is 0. The second-order valence-electron chi connectivity index (χ2n) is 6.83.